The highest BCUT2D eigenvalue weighted by atomic mass is 32.2. The zero-order valence-corrected chi connectivity index (χ0v) is 10.9. The molecule has 3 N–H and O–H groups in total. The average Bonchev–Trinajstić information content (AvgIpc) is 2.59. The fourth-order valence-electron chi connectivity index (χ4n) is 2.17. The van der Waals surface area contributed by atoms with E-state index < -0.39 is 10.0 Å². The number of rotatable bonds is 2. The van der Waals surface area contributed by atoms with Crippen LogP contribution in [0, 0.1) is 13.8 Å². The fourth-order valence-corrected chi connectivity index (χ4v) is 3.97. The van der Waals surface area contributed by atoms with Crippen molar-refractivity contribution in [1.82, 2.24) is 14.5 Å². The normalized spacial score (nSPS) is 19.7. The smallest absolute Gasteiger partial charge is 0.246 e. The molecule has 0 aliphatic carbocycles. The zero-order valence-electron chi connectivity index (χ0n) is 10.1. The summed E-state index contributed by atoms with van der Waals surface area (Å²) in [6.07, 6.45) is 1.43. The summed E-state index contributed by atoms with van der Waals surface area (Å²) in [4.78, 5) is 0.313. The van der Waals surface area contributed by atoms with E-state index in [1.54, 1.807) is 13.8 Å². The standard InChI is InChI=1S/C10H18N4O2S/c1-7-10(8(2)13-12-7)17(15,16)14-5-3-9(11)4-6-14/h9H,3-6,11H2,1-2H3,(H,12,13). The SMILES string of the molecule is Cc1n[nH]c(C)c1S(=O)(=O)N1CCC(N)CC1. The van der Waals surface area contributed by atoms with Crippen LogP contribution in [0.2, 0.25) is 0 Å². The summed E-state index contributed by atoms with van der Waals surface area (Å²) in [5.41, 5.74) is 6.90. The van der Waals surface area contributed by atoms with E-state index in [0.717, 1.165) is 12.8 Å². The van der Waals surface area contributed by atoms with Gasteiger partial charge in [0.25, 0.3) is 0 Å². The number of hydrogen-bond donors (Lipinski definition) is 2. The molecule has 1 fully saturated rings. The van der Waals surface area contributed by atoms with Gasteiger partial charge in [0, 0.05) is 19.1 Å². The van der Waals surface area contributed by atoms with Crippen LogP contribution in [0.3, 0.4) is 0 Å². The number of H-pyrrole nitrogens is 1. The van der Waals surface area contributed by atoms with Crippen LogP contribution in [-0.4, -0.2) is 42.1 Å². The second-order valence-corrected chi connectivity index (χ2v) is 6.38. The van der Waals surface area contributed by atoms with Gasteiger partial charge in [0.05, 0.1) is 11.4 Å². The van der Waals surface area contributed by atoms with Gasteiger partial charge in [-0.05, 0) is 26.7 Å². The molecular weight excluding hydrogens is 240 g/mol. The quantitative estimate of drug-likeness (QED) is 0.789. The molecule has 0 unspecified atom stereocenters. The van der Waals surface area contributed by atoms with Gasteiger partial charge in [0.1, 0.15) is 4.90 Å². The Labute approximate surface area is 101 Å². The van der Waals surface area contributed by atoms with Crippen molar-refractivity contribution in [3.8, 4) is 0 Å². The molecule has 6 nitrogen and oxygen atoms in total. The molecule has 1 aromatic rings. The second-order valence-electron chi connectivity index (χ2n) is 4.50. The van der Waals surface area contributed by atoms with E-state index in [2.05, 4.69) is 10.2 Å². The summed E-state index contributed by atoms with van der Waals surface area (Å²) in [6, 6.07) is 0.119. The van der Waals surface area contributed by atoms with Crippen molar-refractivity contribution in [2.75, 3.05) is 13.1 Å². The molecule has 0 atom stereocenters. The molecule has 0 bridgehead atoms. The van der Waals surface area contributed by atoms with Gasteiger partial charge in [0.2, 0.25) is 10.0 Å². The lowest BCUT2D eigenvalue weighted by Gasteiger charge is -2.29. The Bertz CT molecular complexity index is 481. The number of piperidine rings is 1. The lowest BCUT2D eigenvalue weighted by atomic mass is 10.1. The Balaban J connectivity index is 2.31. The predicted molar refractivity (Wildman–Crippen MR) is 64.0 cm³/mol. The minimum absolute atomic E-state index is 0.119. The summed E-state index contributed by atoms with van der Waals surface area (Å²) in [7, 11) is -3.42. The van der Waals surface area contributed by atoms with Gasteiger partial charge < -0.3 is 5.73 Å². The number of nitrogens with two attached hydrogens (primary N) is 1. The van der Waals surface area contributed by atoms with Gasteiger partial charge in [-0.15, -0.1) is 0 Å². The van der Waals surface area contributed by atoms with Crippen LogP contribution >= 0.6 is 0 Å². The Hall–Kier alpha value is -0.920. The number of hydrogen-bond acceptors (Lipinski definition) is 4. The number of nitrogens with one attached hydrogen (secondary N) is 1. The Morgan fingerprint density at radius 3 is 2.41 bits per heavy atom. The highest BCUT2D eigenvalue weighted by Crippen LogP contribution is 2.24. The van der Waals surface area contributed by atoms with Gasteiger partial charge in [-0.3, -0.25) is 5.10 Å². The van der Waals surface area contributed by atoms with E-state index >= 15 is 0 Å². The van der Waals surface area contributed by atoms with Gasteiger partial charge in [0.15, 0.2) is 0 Å². The van der Waals surface area contributed by atoms with E-state index in [-0.39, 0.29) is 6.04 Å². The molecule has 1 aliphatic heterocycles. The summed E-state index contributed by atoms with van der Waals surface area (Å²) < 4.78 is 26.3. The molecule has 96 valence electrons. The first kappa shape index (κ1) is 12.5. The summed E-state index contributed by atoms with van der Waals surface area (Å²) >= 11 is 0. The van der Waals surface area contributed by atoms with Crippen LogP contribution in [0.15, 0.2) is 4.90 Å². The molecule has 0 spiro atoms. The van der Waals surface area contributed by atoms with Crippen LogP contribution in [0.5, 0.6) is 0 Å². The van der Waals surface area contributed by atoms with Crippen molar-refractivity contribution in [2.24, 2.45) is 5.73 Å². The van der Waals surface area contributed by atoms with Gasteiger partial charge in [-0.1, -0.05) is 0 Å². The molecule has 0 aromatic carbocycles. The van der Waals surface area contributed by atoms with E-state index in [4.69, 9.17) is 5.73 Å². The molecular formula is C10H18N4O2S. The molecule has 0 radical (unpaired) electrons. The molecule has 0 amide bonds. The van der Waals surface area contributed by atoms with Crippen LogP contribution in [0.1, 0.15) is 24.2 Å². The maximum Gasteiger partial charge on any atom is 0.246 e. The van der Waals surface area contributed by atoms with Crippen molar-refractivity contribution >= 4 is 10.0 Å². The van der Waals surface area contributed by atoms with E-state index in [1.165, 1.54) is 4.31 Å². The first-order chi connectivity index (χ1) is 7.93. The van der Waals surface area contributed by atoms with Crippen molar-refractivity contribution in [3.63, 3.8) is 0 Å². The second kappa shape index (κ2) is 4.40. The van der Waals surface area contributed by atoms with E-state index in [1.807, 2.05) is 0 Å². The van der Waals surface area contributed by atoms with Crippen LogP contribution in [0.25, 0.3) is 0 Å². The van der Waals surface area contributed by atoms with Crippen LogP contribution in [0.4, 0.5) is 0 Å². The van der Waals surface area contributed by atoms with Gasteiger partial charge in [-0.25, -0.2) is 8.42 Å². The minimum atomic E-state index is -3.42. The highest BCUT2D eigenvalue weighted by Gasteiger charge is 2.31. The first-order valence-electron chi connectivity index (χ1n) is 5.70. The third-order valence-corrected chi connectivity index (χ3v) is 5.32. The number of aryl methyl sites for hydroxylation is 2. The van der Waals surface area contributed by atoms with Crippen molar-refractivity contribution in [2.45, 2.75) is 37.6 Å². The molecule has 1 aliphatic rings. The Kier molecular flexibility index (Phi) is 3.24. The topological polar surface area (TPSA) is 92.1 Å². The lowest BCUT2D eigenvalue weighted by molar-refractivity contribution is 0.320. The minimum Gasteiger partial charge on any atom is -0.328 e. The van der Waals surface area contributed by atoms with Crippen LogP contribution in [-0.2, 0) is 10.0 Å². The Morgan fingerprint density at radius 2 is 1.94 bits per heavy atom. The number of aromatic nitrogens is 2. The number of sulfonamides is 1. The highest BCUT2D eigenvalue weighted by molar-refractivity contribution is 7.89. The monoisotopic (exact) mass is 258 g/mol. The van der Waals surface area contributed by atoms with Gasteiger partial charge in [-0.2, -0.15) is 9.40 Å². The van der Waals surface area contributed by atoms with Crippen LogP contribution < -0.4 is 5.73 Å². The molecule has 1 saturated heterocycles. The summed E-state index contributed by atoms with van der Waals surface area (Å²) in [5.74, 6) is 0. The predicted octanol–water partition coefficient (Wildman–Crippen LogP) is 0.138. The summed E-state index contributed by atoms with van der Waals surface area (Å²) in [5, 5.41) is 6.65. The lowest BCUT2D eigenvalue weighted by Crippen LogP contribution is -2.43. The molecule has 2 rings (SSSR count). The molecule has 1 aromatic heterocycles. The molecule has 0 saturated carbocycles. The average molecular weight is 258 g/mol. The van der Waals surface area contributed by atoms with Crippen molar-refractivity contribution in [1.29, 1.82) is 0 Å². The maximum atomic E-state index is 12.4. The number of aromatic amines is 1. The maximum absolute atomic E-state index is 12.4. The van der Waals surface area contributed by atoms with E-state index in [9.17, 15) is 8.42 Å². The summed E-state index contributed by atoms with van der Waals surface area (Å²) in [6.45, 7) is 4.41. The zero-order chi connectivity index (χ0) is 12.6. The van der Waals surface area contributed by atoms with E-state index in [0.29, 0.717) is 29.4 Å². The van der Waals surface area contributed by atoms with Crippen molar-refractivity contribution in [3.05, 3.63) is 11.4 Å². The van der Waals surface area contributed by atoms with Crippen molar-refractivity contribution < 1.29 is 8.42 Å². The first-order valence-corrected chi connectivity index (χ1v) is 7.14. The molecule has 2 heterocycles. The molecule has 7 heteroatoms. The largest absolute Gasteiger partial charge is 0.328 e. The third-order valence-electron chi connectivity index (χ3n) is 3.16. The number of nitrogens with zero attached hydrogens (tertiary/aromatic N) is 2. The Morgan fingerprint density at radius 1 is 1.35 bits per heavy atom. The third kappa shape index (κ3) is 2.22. The molecule has 17 heavy (non-hydrogen) atoms. The fraction of sp³-hybridized carbons (Fsp3) is 0.700. The van der Waals surface area contributed by atoms with Gasteiger partial charge >= 0.3 is 0 Å².